The fraction of sp³-hybridized carbons (Fsp3) is 0.261. The summed E-state index contributed by atoms with van der Waals surface area (Å²) in [5, 5.41) is 3.90. The van der Waals surface area contributed by atoms with Crippen molar-refractivity contribution >= 4 is 28.1 Å². The van der Waals surface area contributed by atoms with Crippen LogP contribution in [0.5, 0.6) is 0 Å². The van der Waals surface area contributed by atoms with Crippen LogP contribution < -0.4 is 10.2 Å². The van der Waals surface area contributed by atoms with Gasteiger partial charge >= 0.3 is 0 Å². The van der Waals surface area contributed by atoms with Crippen LogP contribution in [0.15, 0.2) is 60.9 Å². The number of benzene rings is 1. The van der Waals surface area contributed by atoms with Crippen LogP contribution in [-0.2, 0) is 4.79 Å². The highest BCUT2D eigenvalue weighted by Gasteiger charge is 2.25. The molecule has 1 aromatic carbocycles. The lowest BCUT2D eigenvalue weighted by Gasteiger charge is -2.33. The van der Waals surface area contributed by atoms with Crippen molar-refractivity contribution in [3.8, 4) is 11.4 Å². The summed E-state index contributed by atoms with van der Waals surface area (Å²) < 4.78 is 2.06. The van der Waals surface area contributed by atoms with Crippen molar-refractivity contribution in [2.75, 3.05) is 25.0 Å². The van der Waals surface area contributed by atoms with Crippen molar-refractivity contribution in [3.05, 3.63) is 60.9 Å². The van der Waals surface area contributed by atoms with Gasteiger partial charge in [-0.15, -0.1) is 0 Å². The Kier molecular flexibility index (Phi) is 4.39. The summed E-state index contributed by atoms with van der Waals surface area (Å²) in [6.45, 7) is 1.72. The lowest BCUT2D eigenvalue weighted by atomic mass is 9.95. The van der Waals surface area contributed by atoms with E-state index in [1.165, 1.54) is 0 Å². The first-order valence-electron chi connectivity index (χ1n) is 10.0. The van der Waals surface area contributed by atoms with E-state index in [-0.39, 0.29) is 11.8 Å². The summed E-state index contributed by atoms with van der Waals surface area (Å²) in [7, 11) is 1.71. The van der Waals surface area contributed by atoms with Crippen molar-refractivity contribution in [2.45, 2.75) is 12.8 Å². The van der Waals surface area contributed by atoms with Crippen molar-refractivity contribution < 1.29 is 4.79 Å². The number of carbonyl (C=O) groups excluding carboxylic acids is 1. The second kappa shape index (κ2) is 7.20. The van der Waals surface area contributed by atoms with Gasteiger partial charge in [0.05, 0.1) is 28.8 Å². The summed E-state index contributed by atoms with van der Waals surface area (Å²) in [6, 6.07) is 16.5. The summed E-state index contributed by atoms with van der Waals surface area (Å²) in [4.78, 5) is 23.8. The molecule has 0 saturated carbocycles. The number of anilines is 1. The summed E-state index contributed by atoms with van der Waals surface area (Å²) >= 11 is 0. The fourth-order valence-corrected chi connectivity index (χ4v) is 4.24. The molecule has 0 radical (unpaired) electrons. The average molecular weight is 385 g/mol. The molecule has 4 heterocycles. The molecule has 5 rings (SSSR count). The van der Waals surface area contributed by atoms with Crippen molar-refractivity contribution in [1.82, 2.24) is 19.7 Å². The molecule has 1 fully saturated rings. The number of fused-ring (bicyclic) bond motifs is 2. The maximum atomic E-state index is 12.0. The lowest BCUT2D eigenvalue weighted by Crippen LogP contribution is -2.39. The smallest absolute Gasteiger partial charge is 0.222 e. The second-order valence-electron chi connectivity index (χ2n) is 7.49. The van der Waals surface area contributed by atoms with E-state index in [9.17, 15) is 4.79 Å². The zero-order chi connectivity index (χ0) is 19.8. The molecule has 146 valence electrons. The van der Waals surface area contributed by atoms with Crippen LogP contribution in [0, 0.1) is 5.92 Å². The Labute approximate surface area is 169 Å². The third-order valence-electron chi connectivity index (χ3n) is 5.83. The van der Waals surface area contributed by atoms with E-state index in [0.29, 0.717) is 0 Å². The van der Waals surface area contributed by atoms with E-state index in [1.807, 2.05) is 30.6 Å². The molecule has 6 heteroatoms. The topological polar surface area (TPSA) is 62.5 Å². The lowest BCUT2D eigenvalue weighted by molar-refractivity contribution is -0.125. The summed E-state index contributed by atoms with van der Waals surface area (Å²) in [5.41, 5.74) is 4.93. The zero-order valence-electron chi connectivity index (χ0n) is 16.4. The average Bonchev–Trinajstić information content (AvgIpc) is 3.22. The Balaban J connectivity index is 1.52. The number of imidazole rings is 1. The Hall–Kier alpha value is -3.41. The number of nitrogens with one attached hydrogen (secondary N) is 1. The van der Waals surface area contributed by atoms with Gasteiger partial charge in [0.2, 0.25) is 5.91 Å². The number of carbonyl (C=O) groups is 1. The van der Waals surface area contributed by atoms with Crippen LogP contribution in [-0.4, -0.2) is 40.4 Å². The van der Waals surface area contributed by atoms with E-state index < -0.39 is 0 Å². The minimum atomic E-state index is 0.105. The second-order valence-corrected chi connectivity index (χ2v) is 7.49. The number of nitrogens with zero attached hydrogens (tertiary/aromatic N) is 4. The Bertz CT molecular complexity index is 1190. The first kappa shape index (κ1) is 17.7. The largest absolute Gasteiger partial charge is 0.370 e. The van der Waals surface area contributed by atoms with Gasteiger partial charge in [0, 0.05) is 37.6 Å². The number of piperidine rings is 1. The van der Waals surface area contributed by atoms with Crippen LogP contribution in [0.2, 0.25) is 0 Å². The molecule has 0 aliphatic carbocycles. The first-order chi connectivity index (χ1) is 14.2. The number of hydrogen-bond acceptors (Lipinski definition) is 4. The van der Waals surface area contributed by atoms with Crippen LogP contribution >= 0.6 is 0 Å². The van der Waals surface area contributed by atoms with Gasteiger partial charge in [-0.1, -0.05) is 24.3 Å². The molecule has 1 saturated heterocycles. The Morgan fingerprint density at radius 1 is 1.07 bits per heavy atom. The molecule has 1 amide bonds. The summed E-state index contributed by atoms with van der Waals surface area (Å²) in [6.07, 6.45) is 5.62. The molecule has 4 aromatic rings. The molecule has 0 spiro atoms. The predicted molar refractivity (Wildman–Crippen MR) is 115 cm³/mol. The molecule has 29 heavy (non-hydrogen) atoms. The van der Waals surface area contributed by atoms with E-state index in [2.05, 4.69) is 49.9 Å². The molecule has 0 atom stereocenters. The van der Waals surface area contributed by atoms with Crippen LogP contribution in [0.1, 0.15) is 12.8 Å². The number of amides is 1. The molecule has 0 unspecified atom stereocenters. The molecular weight excluding hydrogens is 362 g/mol. The quantitative estimate of drug-likeness (QED) is 0.586. The molecule has 6 nitrogen and oxygen atoms in total. The molecular formula is C23H23N5O. The number of aromatic nitrogens is 3. The molecule has 3 aromatic heterocycles. The molecule has 1 N–H and O–H groups in total. The first-order valence-corrected chi connectivity index (χ1v) is 10.0. The third kappa shape index (κ3) is 3.10. The maximum Gasteiger partial charge on any atom is 0.222 e. The van der Waals surface area contributed by atoms with E-state index >= 15 is 0 Å². The third-order valence-corrected chi connectivity index (χ3v) is 5.83. The van der Waals surface area contributed by atoms with Crippen molar-refractivity contribution in [2.24, 2.45) is 5.92 Å². The van der Waals surface area contributed by atoms with Gasteiger partial charge in [-0.25, -0.2) is 9.97 Å². The van der Waals surface area contributed by atoms with Crippen molar-refractivity contribution in [1.29, 1.82) is 0 Å². The van der Waals surface area contributed by atoms with Gasteiger partial charge in [0.15, 0.2) is 0 Å². The molecule has 0 bridgehead atoms. The highest BCUT2D eigenvalue weighted by Crippen LogP contribution is 2.31. The van der Waals surface area contributed by atoms with E-state index in [4.69, 9.17) is 4.98 Å². The number of rotatable bonds is 3. The normalized spacial score (nSPS) is 15.1. The Morgan fingerprint density at radius 2 is 1.93 bits per heavy atom. The van der Waals surface area contributed by atoms with Crippen molar-refractivity contribution in [3.63, 3.8) is 0 Å². The minimum Gasteiger partial charge on any atom is -0.370 e. The SMILES string of the molecule is CNC(=O)C1CCN(c2cccc3ccc(-c4cnc5ccccn45)nc23)CC1. The Morgan fingerprint density at radius 3 is 2.76 bits per heavy atom. The minimum absolute atomic E-state index is 0.105. The number of pyridine rings is 2. The summed E-state index contributed by atoms with van der Waals surface area (Å²) in [5.74, 6) is 0.253. The van der Waals surface area contributed by atoms with Crippen LogP contribution in [0.25, 0.3) is 27.9 Å². The van der Waals surface area contributed by atoms with Gasteiger partial charge in [0.1, 0.15) is 5.65 Å². The van der Waals surface area contributed by atoms with E-state index in [0.717, 1.165) is 59.6 Å². The number of para-hydroxylation sites is 1. The molecule has 1 aliphatic rings. The van der Waals surface area contributed by atoms with Gasteiger partial charge in [0.25, 0.3) is 0 Å². The van der Waals surface area contributed by atoms with Gasteiger partial charge in [-0.3, -0.25) is 9.20 Å². The maximum absolute atomic E-state index is 12.0. The van der Waals surface area contributed by atoms with Gasteiger partial charge < -0.3 is 10.2 Å². The van der Waals surface area contributed by atoms with Crippen LogP contribution in [0.3, 0.4) is 0 Å². The monoisotopic (exact) mass is 385 g/mol. The van der Waals surface area contributed by atoms with E-state index in [1.54, 1.807) is 7.05 Å². The highest BCUT2D eigenvalue weighted by atomic mass is 16.1. The van der Waals surface area contributed by atoms with Crippen LogP contribution in [0.4, 0.5) is 5.69 Å². The van der Waals surface area contributed by atoms with Gasteiger partial charge in [-0.2, -0.15) is 0 Å². The predicted octanol–water partition coefficient (Wildman–Crippen LogP) is 3.51. The standard InChI is InChI=1S/C23H23N5O/c1-24-23(29)17-10-13-27(14-11-17)19-6-4-5-16-8-9-18(26-22(16)19)20-15-25-21-7-2-3-12-28(20)21/h2-9,12,15,17H,10-11,13-14H2,1H3,(H,24,29). The molecule has 1 aliphatic heterocycles. The van der Waals surface area contributed by atoms with Gasteiger partial charge in [-0.05, 0) is 37.1 Å². The highest BCUT2D eigenvalue weighted by molar-refractivity contribution is 5.92. The fourth-order valence-electron chi connectivity index (χ4n) is 4.24. The zero-order valence-corrected chi connectivity index (χ0v) is 16.4. The number of hydrogen-bond donors (Lipinski definition) is 1.